The molecule has 2 heterocycles. The van der Waals surface area contributed by atoms with Crippen molar-refractivity contribution in [2.45, 2.75) is 24.8 Å². The molecule has 3 N–H and O–H groups in total. The molecule has 1 saturated carbocycles. The summed E-state index contributed by atoms with van der Waals surface area (Å²) in [5.41, 5.74) is 1.64. The Labute approximate surface area is 240 Å². The Kier molecular flexibility index (Phi) is 9.15. The lowest BCUT2D eigenvalue weighted by Crippen LogP contribution is -2.51. The van der Waals surface area contributed by atoms with Gasteiger partial charge in [-0.05, 0) is 73.4 Å². The number of halogens is 1. The second kappa shape index (κ2) is 12.9. The number of nitrogens with one attached hydrogen (secondary N) is 2. The van der Waals surface area contributed by atoms with Gasteiger partial charge in [0.25, 0.3) is 23.8 Å². The second-order valence-corrected chi connectivity index (χ2v) is 9.71. The van der Waals surface area contributed by atoms with E-state index >= 15 is 0 Å². The number of anilines is 1. The zero-order chi connectivity index (χ0) is 29.4. The van der Waals surface area contributed by atoms with Gasteiger partial charge >= 0.3 is 0 Å². The normalized spacial score (nSPS) is 13.0. The summed E-state index contributed by atoms with van der Waals surface area (Å²) in [5.74, 6) is 0.399. The van der Waals surface area contributed by atoms with Crippen molar-refractivity contribution < 1.29 is 24.2 Å². The van der Waals surface area contributed by atoms with Crippen molar-refractivity contribution in [1.82, 2.24) is 14.9 Å². The van der Waals surface area contributed by atoms with Gasteiger partial charge in [-0.15, -0.1) is 0 Å². The van der Waals surface area contributed by atoms with Crippen LogP contribution in [0.5, 0.6) is 11.6 Å². The number of carbonyl (C=O) groups excluding carboxylic acids is 2. The first-order valence-corrected chi connectivity index (χ1v) is 13.0. The molecule has 0 bridgehead atoms. The molecule has 4 aromatic rings. The highest BCUT2D eigenvalue weighted by atomic mass is 35.5. The Bertz CT molecular complexity index is 1580. The van der Waals surface area contributed by atoms with E-state index in [1.165, 1.54) is 16.8 Å². The number of rotatable bonds is 7. The van der Waals surface area contributed by atoms with Crippen LogP contribution in [0.15, 0.2) is 89.9 Å². The summed E-state index contributed by atoms with van der Waals surface area (Å²) in [4.78, 5) is 50.1. The standard InChI is InChI=1S/C29H25ClN4O4.CH2O2/c1-34-24(4-2-5-26(34)35)28(37)33-29(16-3-17-29)20-8-11-22(12-9-20)32-27(36)19-6-13-23(14-7-19)38-25-15-10-21(30)18-31-25;2-1-3/h2,4-15,18H,3,16-17H2,1H3,(H,32,36)(H,33,37);1H,(H,2,3). The minimum atomic E-state index is -0.500. The van der Waals surface area contributed by atoms with Gasteiger partial charge in [0, 0.05) is 36.6 Å². The van der Waals surface area contributed by atoms with Crippen LogP contribution in [0.25, 0.3) is 0 Å². The lowest BCUT2D eigenvalue weighted by Gasteiger charge is -2.43. The molecule has 1 aliphatic rings. The van der Waals surface area contributed by atoms with Crippen molar-refractivity contribution in [3.8, 4) is 11.6 Å². The summed E-state index contributed by atoms with van der Waals surface area (Å²) < 4.78 is 7.01. The van der Waals surface area contributed by atoms with E-state index in [0.717, 1.165) is 24.8 Å². The van der Waals surface area contributed by atoms with Crippen molar-refractivity contribution in [1.29, 1.82) is 0 Å². The first-order chi connectivity index (χ1) is 19.7. The number of amides is 2. The zero-order valence-electron chi connectivity index (χ0n) is 22.0. The summed E-state index contributed by atoms with van der Waals surface area (Å²) in [6, 6.07) is 22.2. The van der Waals surface area contributed by atoms with Gasteiger partial charge in [0.1, 0.15) is 11.4 Å². The summed E-state index contributed by atoms with van der Waals surface area (Å²) in [6.07, 6.45) is 4.08. The van der Waals surface area contributed by atoms with Crippen LogP contribution in [-0.2, 0) is 17.4 Å². The molecule has 0 atom stereocenters. The van der Waals surface area contributed by atoms with E-state index in [-0.39, 0.29) is 23.8 Å². The number of carboxylic acid groups (broad SMARTS) is 1. The topological polar surface area (TPSA) is 140 Å². The number of aromatic nitrogens is 2. The first-order valence-electron chi connectivity index (χ1n) is 12.6. The van der Waals surface area contributed by atoms with E-state index in [2.05, 4.69) is 15.6 Å². The summed E-state index contributed by atoms with van der Waals surface area (Å²) in [6.45, 7) is -0.250. The molecule has 11 heteroatoms. The van der Waals surface area contributed by atoms with Crippen molar-refractivity contribution in [3.05, 3.63) is 117 Å². The average molecular weight is 575 g/mol. The third-order valence-electron chi connectivity index (χ3n) is 6.71. The fourth-order valence-electron chi connectivity index (χ4n) is 4.38. The quantitative estimate of drug-likeness (QED) is 0.264. The van der Waals surface area contributed by atoms with Crippen LogP contribution in [0.2, 0.25) is 5.02 Å². The Morgan fingerprint density at radius 3 is 2.27 bits per heavy atom. The van der Waals surface area contributed by atoms with Gasteiger partial charge in [-0.2, -0.15) is 0 Å². The highest BCUT2D eigenvalue weighted by molar-refractivity contribution is 6.30. The molecular weight excluding hydrogens is 548 g/mol. The molecule has 0 spiro atoms. The molecule has 41 heavy (non-hydrogen) atoms. The van der Waals surface area contributed by atoms with Gasteiger partial charge in [0.15, 0.2) is 0 Å². The molecular formula is C30H27ClN4O6. The van der Waals surface area contributed by atoms with E-state index in [1.54, 1.807) is 55.6 Å². The van der Waals surface area contributed by atoms with Gasteiger partial charge < -0.3 is 25.0 Å². The fourth-order valence-corrected chi connectivity index (χ4v) is 4.49. The maximum atomic E-state index is 13.0. The molecule has 0 unspecified atom stereocenters. The highest BCUT2D eigenvalue weighted by Crippen LogP contribution is 2.41. The van der Waals surface area contributed by atoms with Gasteiger partial charge in [0.05, 0.1) is 10.6 Å². The molecule has 2 aromatic heterocycles. The smallest absolute Gasteiger partial charge is 0.290 e. The molecule has 0 saturated heterocycles. The number of nitrogens with zero attached hydrogens (tertiary/aromatic N) is 2. The van der Waals surface area contributed by atoms with E-state index in [1.807, 2.05) is 24.3 Å². The minimum Gasteiger partial charge on any atom is -0.483 e. The van der Waals surface area contributed by atoms with Crippen LogP contribution >= 0.6 is 11.6 Å². The minimum absolute atomic E-state index is 0.235. The number of carbonyl (C=O) groups is 3. The first kappa shape index (κ1) is 29.0. The molecule has 1 aliphatic carbocycles. The van der Waals surface area contributed by atoms with Crippen molar-refractivity contribution >= 4 is 35.6 Å². The van der Waals surface area contributed by atoms with E-state index in [4.69, 9.17) is 26.2 Å². The molecule has 210 valence electrons. The van der Waals surface area contributed by atoms with Crippen LogP contribution in [0.3, 0.4) is 0 Å². The summed E-state index contributed by atoms with van der Waals surface area (Å²) in [7, 11) is 1.58. The monoisotopic (exact) mass is 574 g/mol. The van der Waals surface area contributed by atoms with Crippen molar-refractivity contribution in [2.24, 2.45) is 7.05 Å². The van der Waals surface area contributed by atoms with Crippen LogP contribution in [0.1, 0.15) is 45.7 Å². The Morgan fingerprint density at radius 2 is 1.68 bits per heavy atom. The van der Waals surface area contributed by atoms with Crippen LogP contribution in [-0.4, -0.2) is 32.9 Å². The zero-order valence-corrected chi connectivity index (χ0v) is 22.8. The molecule has 1 fully saturated rings. The SMILES string of the molecule is Cn1c(C(=O)NC2(c3ccc(NC(=O)c4ccc(Oc5ccc(Cl)cn5)cc4)cc3)CCC2)cccc1=O.O=CO. The van der Waals surface area contributed by atoms with E-state index < -0.39 is 5.54 Å². The predicted molar refractivity (Wildman–Crippen MR) is 154 cm³/mol. The Morgan fingerprint density at radius 1 is 1.00 bits per heavy atom. The number of pyridine rings is 2. The molecule has 2 amide bonds. The molecule has 5 rings (SSSR count). The maximum Gasteiger partial charge on any atom is 0.290 e. The molecule has 0 aliphatic heterocycles. The predicted octanol–water partition coefficient (Wildman–Crippen LogP) is 4.99. The Balaban J connectivity index is 0.00000124. The van der Waals surface area contributed by atoms with Crippen molar-refractivity contribution in [3.63, 3.8) is 0 Å². The van der Waals surface area contributed by atoms with Crippen LogP contribution in [0.4, 0.5) is 5.69 Å². The molecule has 10 nitrogen and oxygen atoms in total. The lowest BCUT2D eigenvalue weighted by molar-refractivity contribution is -0.122. The fraction of sp³-hybridized carbons (Fsp3) is 0.167. The number of ether oxygens (including phenoxy) is 1. The average Bonchev–Trinajstić information content (AvgIpc) is 2.95. The summed E-state index contributed by atoms with van der Waals surface area (Å²) in [5, 5.41) is 13.4. The van der Waals surface area contributed by atoms with Gasteiger partial charge in [0.2, 0.25) is 5.88 Å². The van der Waals surface area contributed by atoms with Gasteiger partial charge in [-0.1, -0.05) is 29.8 Å². The Hall–Kier alpha value is -4.96. The van der Waals surface area contributed by atoms with Crippen molar-refractivity contribution in [2.75, 3.05) is 5.32 Å². The third kappa shape index (κ3) is 6.98. The largest absolute Gasteiger partial charge is 0.483 e. The molecule has 0 radical (unpaired) electrons. The number of hydrogen-bond donors (Lipinski definition) is 3. The van der Waals surface area contributed by atoms with Gasteiger partial charge in [-0.25, -0.2) is 4.98 Å². The maximum absolute atomic E-state index is 13.0. The summed E-state index contributed by atoms with van der Waals surface area (Å²) >= 11 is 5.84. The van der Waals surface area contributed by atoms with Crippen LogP contribution in [0, 0.1) is 0 Å². The van der Waals surface area contributed by atoms with Crippen LogP contribution < -0.4 is 20.9 Å². The van der Waals surface area contributed by atoms with E-state index in [0.29, 0.717) is 33.6 Å². The highest BCUT2D eigenvalue weighted by Gasteiger charge is 2.40. The number of hydrogen-bond acceptors (Lipinski definition) is 6. The third-order valence-corrected chi connectivity index (χ3v) is 6.94. The molecule has 2 aromatic carbocycles. The number of benzene rings is 2. The van der Waals surface area contributed by atoms with E-state index in [9.17, 15) is 14.4 Å². The lowest BCUT2D eigenvalue weighted by atomic mass is 9.71. The van der Waals surface area contributed by atoms with Gasteiger partial charge in [-0.3, -0.25) is 19.2 Å². The second-order valence-electron chi connectivity index (χ2n) is 9.28.